The van der Waals surface area contributed by atoms with Crippen molar-refractivity contribution >= 4 is 17.8 Å². The first-order valence-electron chi connectivity index (χ1n) is 9.54. The molecular formula is C20H30N4O2. The van der Waals surface area contributed by atoms with Gasteiger partial charge in [-0.05, 0) is 38.3 Å². The van der Waals surface area contributed by atoms with E-state index in [0.29, 0.717) is 24.2 Å². The molecule has 2 amide bonds. The molecule has 1 heterocycles. The zero-order valence-corrected chi connectivity index (χ0v) is 16.1. The van der Waals surface area contributed by atoms with Crippen molar-refractivity contribution in [3.05, 3.63) is 35.4 Å². The Labute approximate surface area is 156 Å². The largest absolute Gasteiger partial charge is 0.357 e. The molecule has 142 valence electrons. The lowest BCUT2D eigenvalue weighted by atomic mass is 10.1. The monoisotopic (exact) mass is 358 g/mol. The van der Waals surface area contributed by atoms with E-state index in [1.165, 1.54) is 4.90 Å². The van der Waals surface area contributed by atoms with Crippen molar-refractivity contribution in [1.29, 1.82) is 0 Å². The van der Waals surface area contributed by atoms with Gasteiger partial charge in [-0.2, -0.15) is 0 Å². The number of benzene rings is 1. The maximum Gasteiger partial charge on any atom is 0.261 e. The molecule has 1 aromatic carbocycles. The zero-order chi connectivity index (χ0) is 18.9. The minimum atomic E-state index is -0.179. The molecule has 0 spiro atoms. The number of unbranched alkanes of at least 4 members (excludes halogenated alkanes) is 2. The molecule has 6 nitrogen and oxygen atoms in total. The van der Waals surface area contributed by atoms with E-state index in [9.17, 15) is 9.59 Å². The van der Waals surface area contributed by atoms with E-state index in [-0.39, 0.29) is 11.8 Å². The maximum atomic E-state index is 12.3. The predicted octanol–water partition coefficient (Wildman–Crippen LogP) is 2.76. The van der Waals surface area contributed by atoms with Crippen LogP contribution in [0.4, 0.5) is 0 Å². The summed E-state index contributed by atoms with van der Waals surface area (Å²) in [6.07, 6.45) is 3.89. The molecule has 6 heteroatoms. The molecule has 1 aliphatic rings. The second kappa shape index (κ2) is 9.94. The Morgan fingerprint density at radius 2 is 1.73 bits per heavy atom. The van der Waals surface area contributed by atoms with Crippen molar-refractivity contribution in [1.82, 2.24) is 15.1 Å². The highest BCUT2D eigenvalue weighted by Gasteiger charge is 2.34. The number of nitrogens with one attached hydrogen (secondary N) is 1. The van der Waals surface area contributed by atoms with E-state index in [1.54, 1.807) is 24.3 Å². The molecule has 0 saturated carbocycles. The molecule has 0 fully saturated rings. The normalized spacial score (nSPS) is 14.0. The lowest BCUT2D eigenvalue weighted by Gasteiger charge is -2.21. The van der Waals surface area contributed by atoms with Crippen molar-refractivity contribution in [2.75, 3.05) is 33.2 Å². The number of fused-ring (bicyclic) bond motifs is 1. The van der Waals surface area contributed by atoms with Crippen LogP contribution in [0.15, 0.2) is 29.3 Å². The smallest absolute Gasteiger partial charge is 0.261 e. The number of carbonyl (C=O) groups excluding carboxylic acids is 2. The third-order valence-electron chi connectivity index (χ3n) is 4.47. The third kappa shape index (κ3) is 4.84. The van der Waals surface area contributed by atoms with Gasteiger partial charge in [-0.25, -0.2) is 0 Å². The molecule has 0 unspecified atom stereocenters. The van der Waals surface area contributed by atoms with Crippen LogP contribution < -0.4 is 5.32 Å². The van der Waals surface area contributed by atoms with Gasteiger partial charge in [0.1, 0.15) is 0 Å². The van der Waals surface area contributed by atoms with Crippen LogP contribution in [0.1, 0.15) is 60.2 Å². The first-order chi connectivity index (χ1) is 12.6. The number of rotatable bonds is 9. The quantitative estimate of drug-likeness (QED) is 0.319. The van der Waals surface area contributed by atoms with Crippen LogP contribution in [0, 0.1) is 0 Å². The Morgan fingerprint density at radius 1 is 1.08 bits per heavy atom. The molecule has 0 bridgehead atoms. The van der Waals surface area contributed by atoms with E-state index in [2.05, 4.69) is 36.1 Å². The van der Waals surface area contributed by atoms with Crippen LogP contribution in [0.5, 0.6) is 0 Å². The lowest BCUT2D eigenvalue weighted by Crippen LogP contribution is -2.39. The third-order valence-corrected chi connectivity index (χ3v) is 4.47. The molecule has 1 aromatic rings. The van der Waals surface area contributed by atoms with Gasteiger partial charge in [0.15, 0.2) is 5.96 Å². The number of nitrogens with zero attached hydrogens (tertiary/aromatic N) is 3. The van der Waals surface area contributed by atoms with Gasteiger partial charge in [-0.15, -0.1) is 0 Å². The molecule has 26 heavy (non-hydrogen) atoms. The van der Waals surface area contributed by atoms with Gasteiger partial charge in [-0.3, -0.25) is 19.5 Å². The van der Waals surface area contributed by atoms with Crippen molar-refractivity contribution < 1.29 is 9.59 Å². The summed E-state index contributed by atoms with van der Waals surface area (Å²) in [5.41, 5.74) is 1.03. The van der Waals surface area contributed by atoms with Crippen LogP contribution in [0.25, 0.3) is 0 Å². The molecular weight excluding hydrogens is 328 g/mol. The van der Waals surface area contributed by atoms with Crippen molar-refractivity contribution in [3.63, 3.8) is 0 Å². The average Bonchev–Trinajstić information content (AvgIpc) is 2.90. The second-order valence-corrected chi connectivity index (χ2v) is 6.53. The topological polar surface area (TPSA) is 65.0 Å². The average molecular weight is 358 g/mol. The Balaban J connectivity index is 1.81. The molecule has 1 N–H and O–H groups in total. The summed E-state index contributed by atoms with van der Waals surface area (Å²) >= 11 is 0. The SMILES string of the molecule is CCCCN(C)C(=NCCCCN1C(=O)c2ccccc2C1=O)NCC. The summed E-state index contributed by atoms with van der Waals surface area (Å²) in [5, 5.41) is 3.31. The van der Waals surface area contributed by atoms with E-state index in [4.69, 9.17) is 0 Å². The summed E-state index contributed by atoms with van der Waals surface area (Å²) in [6.45, 7) is 7.19. The Kier molecular flexibility index (Phi) is 7.63. The van der Waals surface area contributed by atoms with Gasteiger partial charge < -0.3 is 10.2 Å². The minimum Gasteiger partial charge on any atom is -0.357 e. The Hall–Kier alpha value is -2.37. The van der Waals surface area contributed by atoms with Crippen LogP contribution in [-0.4, -0.2) is 60.8 Å². The fourth-order valence-corrected chi connectivity index (χ4v) is 2.98. The van der Waals surface area contributed by atoms with E-state index >= 15 is 0 Å². The van der Waals surface area contributed by atoms with Gasteiger partial charge in [0.05, 0.1) is 11.1 Å². The second-order valence-electron chi connectivity index (χ2n) is 6.53. The number of amides is 2. The summed E-state index contributed by atoms with van der Waals surface area (Å²) in [7, 11) is 2.05. The van der Waals surface area contributed by atoms with Crippen molar-refractivity contribution in [2.24, 2.45) is 4.99 Å². The lowest BCUT2D eigenvalue weighted by molar-refractivity contribution is 0.0652. The molecule has 2 rings (SSSR count). The number of hydrogen-bond donors (Lipinski definition) is 1. The van der Waals surface area contributed by atoms with Gasteiger partial charge in [0, 0.05) is 33.2 Å². The van der Waals surface area contributed by atoms with Crippen LogP contribution in [0.2, 0.25) is 0 Å². The maximum absolute atomic E-state index is 12.3. The standard InChI is InChI=1S/C20H30N4O2/c1-4-6-14-23(3)20(21-5-2)22-13-9-10-15-24-18(25)16-11-7-8-12-17(16)19(24)26/h7-8,11-12H,4-6,9-10,13-15H2,1-3H3,(H,21,22). The first-order valence-corrected chi connectivity index (χ1v) is 9.54. The molecule has 0 aromatic heterocycles. The Morgan fingerprint density at radius 3 is 2.31 bits per heavy atom. The number of imide groups is 1. The number of hydrogen-bond acceptors (Lipinski definition) is 3. The summed E-state index contributed by atoms with van der Waals surface area (Å²) in [4.78, 5) is 32.8. The van der Waals surface area contributed by atoms with Crippen LogP contribution in [-0.2, 0) is 0 Å². The van der Waals surface area contributed by atoms with E-state index in [0.717, 1.165) is 44.7 Å². The van der Waals surface area contributed by atoms with E-state index in [1.807, 2.05) is 0 Å². The number of aliphatic imine (C=N–C) groups is 1. The highest BCUT2D eigenvalue weighted by atomic mass is 16.2. The van der Waals surface area contributed by atoms with Gasteiger partial charge in [0.2, 0.25) is 0 Å². The van der Waals surface area contributed by atoms with Crippen LogP contribution in [0.3, 0.4) is 0 Å². The predicted molar refractivity (Wildman–Crippen MR) is 105 cm³/mol. The summed E-state index contributed by atoms with van der Waals surface area (Å²) < 4.78 is 0. The number of guanidine groups is 1. The molecule has 0 aliphatic carbocycles. The number of carbonyl (C=O) groups is 2. The summed E-state index contributed by atoms with van der Waals surface area (Å²) in [5.74, 6) is 0.560. The highest BCUT2D eigenvalue weighted by Crippen LogP contribution is 2.22. The van der Waals surface area contributed by atoms with Gasteiger partial charge in [0.25, 0.3) is 11.8 Å². The van der Waals surface area contributed by atoms with Crippen molar-refractivity contribution in [3.8, 4) is 0 Å². The zero-order valence-electron chi connectivity index (χ0n) is 16.1. The first kappa shape index (κ1) is 19.9. The molecule has 0 saturated heterocycles. The Bertz CT molecular complexity index is 622. The van der Waals surface area contributed by atoms with Crippen molar-refractivity contribution in [2.45, 2.75) is 39.5 Å². The fourth-order valence-electron chi connectivity index (χ4n) is 2.98. The molecule has 0 radical (unpaired) electrons. The van der Waals surface area contributed by atoms with Gasteiger partial charge >= 0.3 is 0 Å². The summed E-state index contributed by atoms with van der Waals surface area (Å²) in [6, 6.07) is 7.02. The van der Waals surface area contributed by atoms with E-state index < -0.39 is 0 Å². The minimum absolute atomic E-state index is 0.179. The molecule has 0 atom stereocenters. The van der Waals surface area contributed by atoms with Crippen LogP contribution >= 0.6 is 0 Å². The molecule has 1 aliphatic heterocycles. The van der Waals surface area contributed by atoms with Gasteiger partial charge in [-0.1, -0.05) is 25.5 Å². The fraction of sp³-hybridized carbons (Fsp3) is 0.550. The highest BCUT2D eigenvalue weighted by molar-refractivity contribution is 6.21.